The van der Waals surface area contributed by atoms with Gasteiger partial charge in [0.2, 0.25) is 12.7 Å². The molecule has 1 amide bonds. The van der Waals surface area contributed by atoms with E-state index in [1.54, 1.807) is 11.3 Å². The van der Waals surface area contributed by atoms with E-state index in [9.17, 15) is 4.79 Å². The molecule has 2 aliphatic rings. The van der Waals surface area contributed by atoms with E-state index in [2.05, 4.69) is 10.3 Å². The average molecular weight is 359 g/mol. The van der Waals surface area contributed by atoms with Gasteiger partial charge in [-0.25, -0.2) is 4.98 Å². The topological polar surface area (TPSA) is 63.7 Å². The summed E-state index contributed by atoms with van der Waals surface area (Å²) < 4.78 is 10.8. The quantitative estimate of drug-likeness (QED) is 0.907. The van der Waals surface area contributed by atoms with Crippen LogP contribution in [0.3, 0.4) is 0 Å². The van der Waals surface area contributed by atoms with Crippen LogP contribution in [-0.2, 0) is 11.2 Å². The zero-order chi connectivity index (χ0) is 17.2. The van der Waals surface area contributed by atoms with Gasteiger partial charge in [-0.1, -0.05) is 0 Å². The van der Waals surface area contributed by atoms with Crippen LogP contribution in [0.5, 0.6) is 11.5 Å². The molecule has 25 heavy (non-hydrogen) atoms. The molecule has 1 saturated heterocycles. The molecule has 0 radical (unpaired) electrons. The molecule has 1 aromatic carbocycles. The van der Waals surface area contributed by atoms with Gasteiger partial charge >= 0.3 is 0 Å². The first kappa shape index (κ1) is 16.4. The average Bonchev–Trinajstić information content (AvgIpc) is 3.30. The van der Waals surface area contributed by atoms with E-state index in [1.807, 2.05) is 35.5 Å². The summed E-state index contributed by atoms with van der Waals surface area (Å²) >= 11 is 1.55. The van der Waals surface area contributed by atoms with Crippen LogP contribution in [-0.4, -0.2) is 48.8 Å². The van der Waals surface area contributed by atoms with Crippen LogP contribution >= 0.6 is 11.3 Å². The lowest BCUT2D eigenvalue weighted by atomic mass is 10.1. The smallest absolute Gasteiger partial charge is 0.231 e. The van der Waals surface area contributed by atoms with Gasteiger partial charge in [-0.3, -0.25) is 4.79 Å². The molecule has 0 aliphatic carbocycles. The number of aromatic nitrogens is 1. The molecular formula is C18H21N3O3S. The first-order valence-corrected chi connectivity index (χ1v) is 9.40. The number of nitrogens with zero attached hydrogens (tertiary/aromatic N) is 2. The Morgan fingerprint density at radius 2 is 2.28 bits per heavy atom. The van der Waals surface area contributed by atoms with Crippen LogP contribution in [0, 0.1) is 0 Å². The fourth-order valence-electron chi connectivity index (χ4n) is 3.26. The summed E-state index contributed by atoms with van der Waals surface area (Å²) in [6, 6.07) is 6.21. The highest BCUT2D eigenvalue weighted by Gasteiger charge is 2.23. The van der Waals surface area contributed by atoms with Crippen molar-refractivity contribution >= 4 is 17.2 Å². The van der Waals surface area contributed by atoms with Gasteiger partial charge in [-0.05, 0) is 38.1 Å². The first-order chi connectivity index (χ1) is 12.2. The largest absolute Gasteiger partial charge is 0.454 e. The molecule has 3 heterocycles. The summed E-state index contributed by atoms with van der Waals surface area (Å²) in [5.74, 6) is 1.67. The summed E-state index contributed by atoms with van der Waals surface area (Å²) in [4.78, 5) is 19.1. The number of thiazole rings is 1. The third kappa shape index (κ3) is 3.48. The van der Waals surface area contributed by atoms with Gasteiger partial charge in [-0.2, -0.15) is 0 Å². The van der Waals surface area contributed by atoms with E-state index in [0.717, 1.165) is 53.7 Å². The van der Waals surface area contributed by atoms with Crippen LogP contribution in [0.1, 0.15) is 18.5 Å². The minimum Gasteiger partial charge on any atom is -0.454 e. The molecule has 4 rings (SSSR count). The van der Waals surface area contributed by atoms with Gasteiger partial charge in [0, 0.05) is 30.1 Å². The first-order valence-electron chi connectivity index (χ1n) is 8.52. The fourth-order valence-corrected chi connectivity index (χ4v) is 4.07. The van der Waals surface area contributed by atoms with Gasteiger partial charge in [-0.15, -0.1) is 11.3 Å². The van der Waals surface area contributed by atoms with Crippen molar-refractivity contribution in [3.63, 3.8) is 0 Å². The Morgan fingerprint density at radius 1 is 1.40 bits per heavy atom. The number of rotatable bonds is 4. The number of likely N-dealkylation sites (tertiary alicyclic amines) is 1. The molecule has 2 aromatic rings. The molecule has 0 spiro atoms. The molecule has 7 heteroatoms. The third-order valence-electron chi connectivity index (χ3n) is 4.69. The maximum absolute atomic E-state index is 12.6. The number of hydrogen-bond donors (Lipinski definition) is 1. The van der Waals surface area contributed by atoms with E-state index in [1.165, 1.54) is 0 Å². The number of amides is 1. The molecule has 0 saturated carbocycles. The fraction of sp³-hybridized carbons (Fsp3) is 0.444. The van der Waals surface area contributed by atoms with Gasteiger partial charge in [0.15, 0.2) is 11.5 Å². The van der Waals surface area contributed by atoms with Crippen molar-refractivity contribution < 1.29 is 14.3 Å². The van der Waals surface area contributed by atoms with Gasteiger partial charge < -0.3 is 19.7 Å². The van der Waals surface area contributed by atoms with Crippen molar-refractivity contribution in [2.24, 2.45) is 0 Å². The Hall–Kier alpha value is -2.12. The standard InChI is InChI=1S/C18H21N3O3S/c1-19-13-3-2-6-21(9-13)17(22)8-14-10-25-18(20-14)12-4-5-15-16(7-12)24-11-23-15/h4-5,7,10,13,19H,2-3,6,8-9,11H2,1H3. The molecule has 0 bridgehead atoms. The van der Waals surface area contributed by atoms with Crippen LogP contribution < -0.4 is 14.8 Å². The SMILES string of the molecule is CNC1CCCN(C(=O)Cc2csc(-c3ccc4c(c3)OCO4)n2)C1. The van der Waals surface area contributed by atoms with Crippen molar-refractivity contribution in [2.45, 2.75) is 25.3 Å². The Kier molecular flexibility index (Phi) is 4.59. The van der Waals surface area contributed by atoms with E-state index in [4.69, 9.17) is 9.47 Å². The minimum atomic E-state index is 0.155. The summed E-state index contributed by atoms with van der Waals surface area (Å²) in [6.45, 7) is 1.89. The maximum Gasteiger partial charge on any atom is 0.231 e. The second-order valence-corrected chi connectivity index (χ2v) is 7.21. The number of carbonyl (C=O) groups excluding carboxylic acids is 1. The molecule has 1 fully saturated rings. The van der Waals surface area contributed by atoms with E-state index >= 15 is 0 Å². The van der Waals surface area contributed by atoms with Crippen LogP contribution in [0.25, 0.3) is 10.6 Å². The Balaban J connectivity index is 1.43. The third-order valence-corrected chi connectivity index (χ3v) is 5.63. The molecule has 1 aromatic heterocycles. The lowest BCUT2D eigenvalue weighted by Gasteiger charge is -2.32. The maximum atomic E-state index is 12.6. The Labute approximate surface area is 150 Å². The minimum absolute atomic E-state index is 0.155. The second kappa shape index (κ2) is 7.01. The lowest BCUT2D eigenvalue weighted by Crippen LogP contribution is -2.47. The molecule has 1 atom stereocenters. The molecule has 2 aliphatic heterocycles. The van der Waals surface area contributed by atoms with Crippen molar-refractivity contribution in [3.8, 4) is 22.1 Å². The number of benzene rings is 1. The molecule has 1 unspecified atom stereocenters. The highest BCUT2D eigenvalue weighted by molar-refractivity contribution is 7.13. The van der Waals surface area contributed by atoms with E-state index in [0.29, 0.717) is 12.5 Å². The summed E-state index contributed by atoms with van der Waals surface area (Å²) in [6.07, 6.45) is 2.54. The number of ether oxygens (including phenoxy) is 2. The summed E-state index contributed by atoms with van der Waals surface area (Å²) in [5.41, 5.74) is 1.82. The van der Waals surface area contributed by atoms with Gasteiger partial charge in [0.25, 0.3) is 0 Å². The van der Waals surface area contributed by atoms with Crippen molar-refractivity contribution in [2.75, 3.05) is 26.9 Å². The van der Waals surface area contributed by atoms with E-state index in [-0.39, 0.29) is 12.7 Å². The van der Waals surface area contributed by atoms with Crippen molar-refractivity contribution in [1.82, 2.24) is 15.2 Å². The zero-order valence-corrected chi connectivity index (χ0v) is 15.0. The second-order valence-electron chi connectivity index (χ2n) is 6.36. The number of hydrogen-bond acceptors (Lipinski definition) is 6. The van der Waals surface area contributed by atoms with Crippen LogP contribution in [0.2, 0.25) is 0 Å². The highest BCUT2D eigenvalue weighted by Crippen LogP contribution is 2.36. The van der Waals surface area contributed by atoms with E-state index < -0.39 is 0 Å². The monoisotopic (exact) mass is 359 g/mol. The Bertz CT molecular complexity index is 777. The lowest BCUT2D eigenvalue weighted by molar-refractivity contribution is -0.131. The summed E-state index contributed by atoms with van der Waals surface area (Å²) in [7, 11) is 1.96. The number of likely N-dealkylation sites (N-methyl/N-ethyl adjacent to an activating group) is 1. The zero-order valence-electron chi connectivity index (χ0n) is 14.2. The number of nitrogens with one attached hydrogen (secondary N) is 1. The number of fused-ring (bicyclic) bond motifs is 1. The molecule has 132 valence electrons. The number of piperidine rings is 1. The van der Waals surface area contributed by atoms with Crippen LogP contribution in [0.15, 0.2) is 23.6 Å². The predicted octanol–water partition coefficient (Wildman–Crippen LogP) is 2.29. The molecule has 1 N–H and O–H groups in total. The number of carbonyl (C=O) groups is 1. The Morgan fingerprint density at radius 3 is 3.16 bits per heavy atom. The van der Waals surface area contributed by atoms with Gasteiger partial charge in [0.05, 0.1) is 12.1 Å². The molecule has 6 nitrogen and oxygen atoms in total. The summed E-state index contributed by atoms with van der Waals surface area (Å²) in [5, 5.41) is 6.13. The van der Waals surface area contributed by atoms with Crippen molar-refractivity contribution in [1.29, 1.82) is 0 Å². The van der Waals surface area contributed by atoms with Crippen molar-refractivity contribution in [3.05, 3.63) is 29.3 Å². The predicted molar refractivity (Wildman–Crippen MR) is 96.0 cm³/mol. The highest BCUT2D eigenvalue weighted by atomic mass is 32.1. The van der Waals surface area contributed by atoms with Crippen LogP contribution in [0.4, 0.5) is 0 Å². The molecular weight excluding hydrogens is 338 g/mol. The van der Waals surface area contributed by atoms with Gasteiger partial charge in [0.1, 0.15) is 5.01 Å². The normalized spacial score (nSPS) is 19.2.